The van der Waals surface area contributed by atoms with Crippen LogP contribution in [0.3, 0.4) is 0 Å². The van der Waals surface area contributed by atoms with Crippen molar-refractivity contribution in [3.05, 3.63) is 29.8 Å². The minimum atomic E-state index is 0.560. The van der Waals surface area contributed by atoms with E-state index in [0.717, 1.165) is 17.7 Å². The molecule has 0 atom stereocenters. The zero-order valence-corrected chi connectivity index (χ0v) is 11.1. The number of para-hydroxylation sites is 1. The fraction of sp³-hybridized carbons (Fsp3) is 0.571. The molecule has 0 saturated heterocycles. The van der Waals surface area contributed by atoms with E-state index in [1.165, 1.54) is 0 Å². The highest BCUT2D eigenvalue weighted by Crippen LogP contribution is 2.15. The summed E-state index contributed by atoms with van der Waals surface area (Å²) < 4.78 is 16.2. The molecule has 0 aliphatic rings. The largest absolute Gasteiger partial charge is 0.493 e. The Morgan fingerprint density at radius 2 is 1.67 bits per heavy atom. The van der Waals surface area contributed by atoms with Gasteiger partial charge in [0.25, 0.3) is 0 Å². The van der Waals surface area contributed by atoms with Crippen LogP contribution in [0.1, 0.15) is 12.0 Å². The lowest BCUT2D eigenvalue weighted by atomic mass is 10.2. The van der Waals surface area contributed by atoms with Crippen LogP contribution in [0.5, 0.6) is 5.75 Å². The van der Waals surface area contributed by atoms with Crippen LogP contribution in [0.25, 0.3) is 0 Å². The Bertz CT molecular complexity index is 318. The molecule has 102 valence electrons. The highest BCUT2D eigenvalue weighted by molar-refractivity contribution is 5.31. The van der Waals surface area contributed by atoms with Crippen molar-refractivity contribution < 1.29 is 14.2 Å². The molecule has 2 N–H and O–H groups in total. The van der Waals surface area contributed by atoms with Crippen molar-refractivity contribution >= 4 is 0 Å². The number of rotatable bonds is 10. The predicted octanol–water partition coefficient (Wildman–Crippen LogP) is 1.76. The molecule has 0 unspecified atom stereocenters. The van der Waals surface area contributed by atoms with Gasteiger partial charge in [-0.05, 0) is 18.6 Å². The average molecular weight is 253 g/mol. The third kappa shape index (κ3) is 6.59. The van der Waals surface area contributed by atoms with Crippen LogP contribution in [-0.4, -0.2) is 39.6 Å². The van der Waals surface area contributed by atoms with Gasteiger partial charge in [0.05, 0.1) is 26.4 Å². The first-order chi connectivity index (χ1) is 8.84. The van der Waals surface area contributed by atoms with E-state index in [4.69, 9.17) is 19.9 Å². The fourth-order valence-electron chi connectivity index (χ4n) is 1.47. The standard InChI is InChI=1S/C14H23NO3/c1-13-5-2-3-6-14(13)18-9-4-8-16-11-12-17-10-7-15/h2-3,5-6H,4,7-12,15H2,1H3. The second kappa shape index (κ2) is 9.88. The average Bonchev–Trinajstić information content (AvgIpc) is 2.39. The van der Waals surface area contributed by atoms with Crippen molar-refractivity contribution in [3.8, 4) is 5.75 Å². The first-order valence-corrected chi connectivity index (χ1v) is 6.38. The summed E-state index contributed by atoms with van der Waals surface area (Å²) in [6.07, 6.45) is 0.880. The Balaban J connectivity index is 1.94. The molecule has 0 radical (unpaired) electrons. The lowest BCUT2D eigenvalue weighted by Crippen LogP contribution is -2.12. The molecule has 4 heteroatoms. The third-order valence-electron chi connectivity index (χ3n) is 2.42. The Kier molecular flexibility index (Phi) is 8.21. The van der Waals surface area contributed by atoms with Gasteiger partial charge in [0, 0.05) is 19.6 Å². The van der Waals surface area contributed by atoms with E-state index in [2.05, 4.69) is 0 Å². The summed E-state index contributed by atoms with van der Waals surface area (Å²) in [7, 11) is 0. The number of nitrogens with two attached hydrogens (primary N) is 1. The summed E-state index contributed by atoms with van der Waals surface area (Å²) >= 11 is 0. The zero-order chi connectivity index (χ0) is 13.1. The number of hydrogen-bond acceptors (Lipinski definition) is 4. The molecular formula is C14H23NO3. The van der Waals surface area contributed by atoms with E-state index in [-0.39, 0.29) is 0 Å². The molecule has 18 heavy (non-hydrogen) atoms. The van der Waals surface area contributed by atoms with Crippen molar-refractivity contribution in [2.45, 2.75) is 13.3 Å². The quantitative estimate of drug-likeness (QED) is 0.646. The number of hydrogen-bond donors (Lipinski definition) is 1. The predicted molar refractivity (Wildman–Crippen MR) is 72.0 cm³/mol. The van der Waals surface area contributed by atoms with Gasteiger partial charge in [-0.2, -0.15) is 0 Å². The first kappa shape index (κ1) is 15.0. The van der Waals surface area contributed by atoms with Gasteiger partial charge in [0.15, 0.2) is 0 Å². The van der Waals surface area contributed by atoms with E-state index >= 15 is 0 Å². The van der Waals surface area contributed by atoms with Crippen LogP contribution in [0.4, 0.5) is 0 Å². The summed E-state index contributed by atoms with van der Waals surface area (Å²) in [6, 6.07) is 8.01. The summed E-state index contributed by atoms with van der Waals surface area (Å²) in [5.74, 6) is 0.948. The Morgan fingerprint density at radius 1 is 0.944 bits per heavy atom. The monoisotopic (exact) mass is 253 g/mol. The van der Waals surface area contributed by atoms with Gasteiger partial charge in [-0.1, -0.05) is 18.2 Å². The van der Waals surface area contributed by atoms with Crippen LogP contribution >= 0.6 is 0 Å². The van der Waals surface area contributed by atoms with Crippen molar-refractivity contribution in [2.24, 2.45) is 5.73 Å². The molecule has 0 saturated carbocycles. The third-order valence-corrected chi connectivity index (χ3v) is 2.42. The summed E-state index contributed by atoms with van der Waals surface area (Å²) in [5.41, 5.74) is 6.45. The Hall–Kier alpha value is -1.10. The van der Waals surface area contributed by atoms with Crippen molar-refractivity contribution in [2.75, 3.05) is 39.6 Å². The van der Waals surface area contributed by atoms with Gasteiger partial charge in [0.1, 0.15) is 5.75 Å². The van der Waals surface area contributed by atoms with Gasteiger partial charge in [-0.3, -0.25) is 0 Å². The normalized spacial score (nSPS) is 10.6. The molecule has 0 amide bonds. The molecule has 0 aromatic heterocycles. The van der Waals surface area contributed by atoms with E-state index in [1.54, 1.807) is 0 Å². The van der Waals surface area contributed by atoms with E-state index in [9.17, 15) is 0 Å². The van der Waals surface area contributed by atoms with Gasteiger partial charge in [0.2, 0.25) is 0 Å². The topological polar surface area (TPSA) is 53.7 Å². The lowest BCUT2D eigenvalue weighted by molar-refractivity contribution is 0.0463. The molecule has 0 spiro atoms. The molecule has 1 aromatic rings. The lowest BCUT2D eigenvalue weighted by Gasteiger charge is -2.09. The molecule has 1 rings (SSSR count). The molecule has 1 aromatic carbocycles. The molecule has 0 aliphatic heterocycles. The smallest absolute Gasteiger partial charge is 0.122 e. The van der Waals surface area contributed by atoms with E-state index < -0.39 is 0 Å². The molecular weight excluding hydrogens is 230 g/mol. The molecule has 0 aliphatic carbocycles. The van der Waals surface area contributed by atoms with E-state index in [1.807, 2.05) is 31.2 Å². The summed E-state index contributed by atoms with van der Waals surface area (Å²) in [5, 5.41) is 0. The van der Waals surface area contributed by atoms with Gasteiger partial charge in [-0.25, -0.2) is 0 Å². The van der Waals surface area contributed by atoms with Crippen LogP contribution in [0.15, 0.2) is 24.3 Å². The maximum Gasteiger partial charge on any atom is 0.122 e. The molecule has 0 bridgehead atoms. The molecule has 4 nitrogen and oxygen atoms in total. The second-order valence-electron chi connectivity index (χ2n) is 3.98. The Morgan fingerprint density at radius 3 is 2.39 bits per heavy atom. The van der Waals surface area contributed by atoms with Crippen LogP contribution in [0, 0.1) is 6.92 Å². The highest BCUT2D eigenvalue weighted by atomic mass is 16.5. The number of aryl methyl sites for hydroxylation is 1. The first-order valence-electron chi connectivity index (χ1n) is 6.38. The number of ether oxygens (including phenoxy) is 3. The maximum absolute atomic E-state index is 5.65. The van der Waals surface area contributed by atoms with Crippen LogP contribution < -0.4 is 10.5 Å². The van der Waals surface area contributed by atoms with Gasteiger partial charge >= 0.3 is 0 Å². The Labute approximate surface area is 109 Å². The zero-order valence-electron chi connectivity index (χ0n) is 11.1. The summed E-state index contributed by atoms with van der Waals surface area (Å²) in [6.45, 7) is 5.79. The van der Waals surface area contributed by atoms with Crippen LogP contribution in [-0.2, 0) is 9.47 Å². The van der Waals surface area contributed by atoms with Gasteiger partial charge < -0.3 is 19.9 Å². The minimum absolute atomic E-state index is 0.560. The van der Waals surface area contributed by atoms with E-state index in [0.29, 0.717) is 39.6 Å². The maximum atomic E-state index is 5.65. The highest BCUT2D eigenvalue weighted by Gasteiger charge is 1.97. The van der Waals surface area contributed by atoms with Gasteiger partial charge in [-0.15, -0.1) is 0 Å². The molecule has 0 fully saturated rings. The number of benzene rings is 1. The molecule has 0 heterocycles. The van der Waals surface area contributed by atoms with Crippen molar-refractivity contribution in [3.63, 3.8) is 0 Å². The summed E-state index contributed by atoms with van der Waals surface area (Å²) in [4.78, 5) is 0. The fourth-order valence-corrected chi connectivity index (χ4v) is 1.47. The van der Waals surface area contributed by atoms with Crippen molar-refractivity contribution in [1.29, 1.82) is 0 Å². The minimum Gasteiger partial charge on any atom is -0.493 e. The van der Waals surface area contributed by atoms with Crippen LogP contribution in [0.2, 0.25) is 0 Å². The SMILES string of the molecule is Cc1ccccc1OCCCOCCOCCN. The second-order valence-corrected chi connectivity index (χ2v) is 3.98. The van der Waals surface area contributed by atoms with Crippen molar-refractivity contribution in [1.82, 2.24) is 0 Å².